The summed E-state index contributed by atoms with van der Waals surface area (Å²) >= 11 is 1.63. The molecule has 0 saturated carbocycles. The maximum Gasteiger partial charge on any atom is 0.221 e. The summed E-state index contributed by atoms with van der Waals surface area (Å²) in [4.78, 5) is 12.7. The molecule has 3 aromatic rings. The van der Waals surface area contributed by atoms with Gasteiger partial charge in [0.15, 0.2) is 0 Å². The molecule has 0 radical (unpaired) electrons. The summed E-state index contributed by atoms with van der Waals surface area (Å²) in [6.07, 6.45) is 1.86. The summed E-state index contributed by atoms with van der Waals surface area (Å²) in [7, 11) is 0. The molecule has 3 aromatic heterocycles. The number of nitrogens with zero attached hydrogens (tertiary/aromatic N) is 2. The third-order valence-electron chi connectivity index (χ3n) is 2.39. The van der Waals surface area contributed by atoms with Crippen LogP contribution < -0.4 is 5.73 Å². The zero-order chi connectivity index (χ0) is 11.7. The van der Waals surface area contributed by atoms with Crippen LogP contribution in [0.25, 0.3) is 22.0 Å². The molecule has 0 bridgehead atoms. The van der Waals surface area contributed by atoms with E-state index >= 15 is 0 Å². The molecule has 84 valence electrons. The Morgan fingerprint density at radius 3 is 2.71 bits per heavy atom. The highest BCUT2D eigenvalue weighted by Gasteiger charge is 2.07. The van der Waals surface area contributed by atoms with Crippen LogP contribution in [0.15, 0.2) is 41.9 Å². The van der Waals surface area contributed by atoms with E-state index in [9.17, 15) is 0 Å². The molecule has 0 saturated heterocycles. The number of hydrogen-bond donors (Lipinski definition) is 2. The van der Waals surface area contributed by atoms with Crippen LogP contribution in [0.4, 0.5) is 5.95 Å². The molecule has 3 rings (SSSR count). The number of hydrogen-bond acceptors (Lipinski definition) is 4. The number of nitrogens with two attached hydrogens (primary N) is 1. The lowest BCUT2D eigenvalue weighted by Gasteiger charge is -2.02. The smallest absolute Gasteiger partial charge is 0.221 e. The lowest BCUT2D eigenvalue weighted by Crippen LogP contribution is -1.98. The monoisotopic (exact) mass is 242 g/mol. The maximum atomic E-state index is 5.74. The first kappa shape index (κ1) is 10.0. The Labute approximate surface area is 102 Å². The summed E-state index contributed by atoms with van der Waals surface area (Å²) in [5, 5.41) is 2.02. The molecular formula is C12H10N4S. The summed E-state index contributed by atoms with van der Waals surface area (Å²) in [5.74, 6) is 0.292. The molecule has 3 N–H and O–H groups in total. The van der Waals surface area contributed by atoms with Crippen LogP contribution in [0.3, 0.4) is 0 Å². The van der Waals surface area contributed by atoms with Crippen LogP contribution in [0, 0.1) is 0 Å². The van der Waals surface area contributed by atoms with Gasteiger partial charge in [-0.15, -0.1) is 11.3 Å². The highest BCUT2D eigenvalue weighted by molar-refractivity contribution is 7.13. The Balaban J connectivity index is 2.13. The Morgan fingerprint density at radius 1 is 1.12 bits per heavy atom. The highest BCUT2D eigenvalue weighted by Crippen LogP contribution is 2.26. The van der Waals surface area contributed by atoms with Gasteiger partial charge in [0.2, 0.25) is 5.95 Å². The average molecular weight is 242 g/mol. The van der Waals surface area contributed by atoms with Crippen molar-refractivity contribution in [1.82, 2.24) is 15.0 Å². The normalized spacial score (nSPS) is 10.6. The number of anilines is 1. The van der Waals surface area contributed by atoms with Crippen molar-refractivity contribution in [3.8, 4) is 22.0 Å². The lowest BCUT2D eigenvalue weighted by atomic mass is 10.2. The van der Waals surface area contributed by atoms with Crippen molar-refractivity contribution in [3.63, 3.8) is 0 Å². The van der Waals surface area contributed by atoms with Crippen LogP contribution in [0.1, 0.15) is 0 Å². The first-order chi connectivity index (χ1) is 8.33. The van der Waals surface area contributed by atoms with Gasteiger partial charge in [0.05, 0.1) is 22.0 Å². The minimum Gasteiger partial charge on any atom is -0.368 e. The molecule has 0 aliphatic heterocycles. The van der Waals surface area contributed by atoms with E-state index < -0.39 is 0 Å². The van der Waals surface area contributed by atoms with Crippen LogP contribution in [-0.2, 0) is 0 Å². The molecule has 0 aliphatic rings. The van der Waals surface area contributed by atoms with Gasteiger partial charge in [-0.1, -0.05) is 6.07 Å². The highest BCUT2D eigenvalue weighted by atomic mass is 32.1. The molecule has 17 heavy (non-hydrogen) atoms. The van der Waals surface area contributed by atoms with Gasteiger partial charge in [-0.3, -0.25) is 0 Å². The fourth-order valence-electron chi connectivity index (χ4n) is 1.64. The minimum atomic E-state index is 0.292. The quantitative estimate of drug-likeness (QED) is 0.726. The number of aromatic nitrogens is 3. The molecule has 4 nitrogen and oxygen atoms in total. The van der Waals surface area contributed by atoms with E-state index in [0.717, 1.165) is 22.0 Å². The van der Waals surface area contributed by atoms with Crippen LogP contribution in [0.5, 0.6) is 0 Å². The molecule has 0 aromatic carbocycles. The Hall–Kier alpha value is -2.14. The van der Waals surface area contributed by atoms with Gasteiger partial charge in [-0.05, 0) is 29.6 Å². The van der Waals surface area contributed by atoms with E-state index in [0.29, 0.717) is 5.95 Å². The Bertz CT molecular complexity index is 562. The number of H-pyrrole nitrogens is 1. The van der Waals surface area contributed by atoms with Crippen LogP contribution >= 0.6 is 11.3 Å². The third-order valence-corrected chi connectivity index (χ3v) is 3.28. The standard InChI is InChI=1S/C12H10N4S/c13-12-15-9(8-3-1-5-14-8)7-10(16-12)11-4-2-6-17-11/h1-7,14H,(H2,13,15,16). The second kappa shape index (κ2) is 4.03. The predicted molar refractivity (Wildman–Crippen MR) is 69.5 cm³/mol. The van der Waals surface area contributed by atoms with Crippen molar-refractivity contribution in [2.45, 2.75) is 0 Å². The van der Waals surface area contributed by atoms with Crippen molar-refractivity contribution >= 4 is 17.3 Å². The number of rotatable bonds is 2. The molecule has 0 unspecified atom stereocenters. The van der Waals surface area contributed by atoms with Gasteiger partial charge in [0, 0.05) is 6.20 Å². The molecule has 0 amide bonds. The van der Waals surface area contributed by atoms with Crippen LogP contribution in [-0.4, -0.2) is 15.0 Å². The van der Waals surface area contributed by atoms with Gasteiger partial charge in [-0.2, -0.15) is 0 Å². The Morgan fingerprint density at radius 2 is 2.00 bits per heavy atom. The zero-order valence-corrected chi connectivity index (χ0v) is 9.74. The first-order valence-corrected chi connectivity index (χ1v) is 6.03. The van der Waals surface area contributed by atoms with Gasteiger partial charge >= 0.3 is 0 Å². The third kappa shape index (κ3) is 1.92. The fourth-order valence-corrected chi connectivity index (χ4v) is 2.33. The second-order valence-electron chi connectivity index (χ2n) is 3.56. The van der Waals surface area contributed by atoms with Gasteiger partial charge in [-0.25, -0.2) is 9.97 Å². The number of nitrogen functional groups attached to an aromatic ring is 1. The summed E-state index contributed by atoms with van der Waals surface area (Å²) in [6, 6.07) is 9.84. The molecule has 0 atom stereocenters. The first-order valence-electron chi connectivity index (χ1n) is 5.15. The number of nitrogens with one attached hydrogen (secondary N) is 1. The summed E-state index contributed by atoms with van der Waals surface area (Å²) in [6.45, 7) is 0. The topological polar surface area (TPSA) is 67.6 Å². The molecule has 0 spiro atoms. The van der Waals surface area contributed by atoms with Crippen molar-refractivity contribution in [1.29, 1.82) is 0 Å². The number of aromatic amines is 1. The summed E-state index contributed by atoms with van der Waals surface area (Å²) < 4.78 is 0. The summed E-state index contributed by atoms with van der Waals surface area (Å²) in [5.41, 5.74) is 8.35. The van der Waals surface area contributed by atoms with E-state index in [-0.39, 0.29) is 0 Å². The van der Waals surface area contributed by atoms with E-state index in [1.54, 1.807) is 11.3 Å². The molecule has 3 heterocycles. The van der Waals surface area contributed by atoms with E-state index in [4.69, 9.17) is 5.73 Å². The largest absolute Gasteiger partial charge is 0.368 e. The van der Waals surface area contributed by atoms with E-state index in [2.05, 4.69) is 15.0 Å². The van der Waals surface area contributed by atoms with Gasteiger partial charge < -0.3 is 10.7 Å². The van der Waals surface area contributed by atoms with Crippen molar-refractivity contribution in [2.75, 3.05) is 5.73 Å². The fraction of sp³-hybridized carbons (Fsp3) is 0. The van der Waals surface area contributed by atoms with Crippen molar-refractivity contribution < 1.29 is 0 Å². The SMILES string of the molecule is Nc1nc(-c2ccc[nH]2)cc(-c2cccs2)n1. The second-order valence-corrected chi connectivity index (χ2v) is 4.51. The average Bonchev–Trinajstić information content (AvgIpc) is 3.02. The van der Waals surface area contributed by atoms with Gasteiger partial charge in [0.1, 0.15) is 0 Å². The lowest BCUT2D eigenvalue weighted by molar-refractivity contribution is 1.18. The van der Waals surface area contributed by atoms with Crippen molar-refractivity contribution in [2.24, 2.45) is 0 Å². The zero-order valence-electron chi connectivity index (χ0n) is 8.92. The van der Waals surface area contributed by atoms with Crippen LogP contribution in [0.2, 0.25) is 0 Å². The number of thiophene rings is 1. The predicted octanol–water partition coefficient (Wildman–Crippen LogP) is 2.78. The molecule has 0 fully saturated rings. The maximum absolute atomic E-state index is 5.74. The van der Waals surface area contributed by atoms with E-state index in [1.807, 2.05) is 41.9 Å². The molecular weight excluding hydrogens is 232 g/mol. The molecule has 0 aliphatic carbocycles. The molecule has 5 heteroatoms. The van der Waals surface area contributed by atoms with Gasteiger partial charge in [0.25, 0.3) is 0 Å². The van der Waals surface area contributed by atoms with E-state index in [1.165, 1.54) is 0 Å². The minimum absolute atomic E-state index is 0.292. The van der Waals surface area contributed by atoms with Crippen molar-refractivity contribution in [3.05, 3.63) is 41.9 Å². The Kier molecular flexibility index (Phi) is 2.38.